The molecule has 3 nitrogen and oxygen atoms in total. The van der Waals surface area contributed by atoms with E-state index in [-0.39, 0.29) is 11.3 Å². The average Bonchev–Trinajstić information content (AvgIpc) is 2.16. The van der Waals surface area contributed by atoms with Crippen molar-refractivity contribution in [2.45, 2.75) is 13.6 Å². The number of halogens is 1. The zero-order valence-electron chi connectivity index (χ0n) is 7.70. The fourth-order valence-corrected chi connectivity index (χ4v) is 1.32. The van der Waals surface area contributed by atoms with Crippen molar-refractivity contribution in [3.05, 3.63) is 46.0 Å². The van der Waals surface area contributed by atoms with Crippen LogP contribution in [0.2, 0.25) is 0 Å². The van der Waals surface area contributed by atoms with E-state index in [9.17, 15) is 9.18 Å². The molecular weight excluding hydrogens is 183 g/mol. The van der Waals surface area contributed by atoms with Gasteiger partial charge in [0.1, 0.15) is 12.3 Å². The van der Waals surface area contributed by atoms with E-state index in [1.54, 1.807) is 12.3 Å². The molecule has 14 heavy (non-hydrogen) atoms. The topological polar surface area (TPSA) is 34.4 Å². The Labute approximate surface area is 79.8 Å². The largest absolute Gasteiger partial charge is 0.269 e. The van der Waals surface area contributed by atoms with Crippen LogP contribution in [-0.4, -0.2) is 9.38 Å². The third-order valence-electron chi connectivity index (χ3n) is 2.01. The summed E-state index contributed by atoms with van der Waals surface area (Å²) in [7, 11) is 0. The van der Waals surface area contributed by atoms with Crippen molar-refractivity contribution in [3.8, 4) is 0 Å². The third-order valence-corrected chi connectivity index (χ3v) is 2.01. The summed E-state index contributed by atoms with van der Waals surface area (Å²) in [6.07, 6.45) is 1.64. The van der Waals surface area contributed by atoms with Crippen LogP contribution in [0.3, 0.4) is 0 Å². The predicted molar refractivity (Wildman–Crippen MR) is 51.0 cm³/mol. The van der Waals surface area contributed by atoms with Gasteiger partial charge in [-0.3, -0.25) is 9.20 Å². The normalized spacial score (nSPS) is 10.7. The summed E-state index contributed by atoms with van der Waals surface area (Å²) >= 11 is 0. The number of hydrogen-bond donors (Lipinski definition) is 0. The second-order valence-electron chi connectivity index (χ2n) is 3.15. The third kappa shape index (κ3) is 1.39. The quantitative estimate of drug-likeness (QED) is 0.685. The minimum Gasteiger partial charge on any atom is -0.269 e. The molecule has 2 aromatic rings. The molecule has 0 N–H and O–H groups in total. The Morgan fingerprint density at radius 2 is 2.29 bits per heavy atom. The minimum absolute atomic E-state index is 0.181. The highest BCUT2D eigenvalue weighted by molar-refractivity contribution is 5.41. The molecule has 2 rings (SSSR count). The smallest absolute Gasteiger partial charge is 0.258 e. The lowest BCUT2D eigenvalue weighted by Gasteiger charge is -2.01. The molecule has 0 fully saturated rings. The molecule has 0 aliphatic carbocycles. The van der Waals surface area contributed by atoms with Gasteiger partial charge in [-0.05, 0) is 24.6 Å². The van der Waals surface area contributed by atoms with Crippen molar-refractivity contribution in [3.63, 3.8) is 0 Å². The van der Waals surface area contributed by atoms with Crippen LogP contribution in [-0.2, 0) is 6.67 Å². The van der Waals surface area contributed by atoms with Crippen LogP contribution in [0.15, 0.2) is 29.2 Å². The summed E-state index contributed by atoms with van der Waals surface area (Å²) in [5.74, 6) is 0. The van der Waals surface area contributed by atoms with E-state index in [1.165, 1.54) is 10.5 Å². The van der Waals surface area contributed by atoms with E-state index in [1.807, 2.05) is 13.0 Å². The van der Waals surface area contributed by atoms with E-state index in [4.69, 9.17) is 0 Å². The number of alkyl halides is 1. The molecule has 0 radical (unpaired) electrons. The summed E-state index contributed by atoms with van der Waals surface area (Å²) in [5.41, 5.74) is 1.42. The first-order chi connectivity index (χ1) is 6.70. The average molecular weight is 192 g/mol. The lowest BCUT2D eigenvalue weighted by molar-refractivity contribution is 0.475. The number of aryl methyl sites for hydroxylation is 1. The van der Waals surface area contributed by atoms with Crippen LogP contribution in [0, 0.1) is 6.92 Å². The van der Waals surface area contributed by atoms with Crippen molar-refractivity contribution in [2.75, 3.05) is 0 Å². The van der Waals surface area contributed by atoms with Gasteiger partial charge in [-0.15, -0.1) is 0 Å². The molecular formula is C10H9FN2O. The summed E-state index contributed by atoms with van der Waals surface area (Å²) in [5, 5.41) is 0. The minimum atomic E-state index is -0.709. The molecule has 0 spiro atoms. The van der Waals surface area contributed by atoms with E-state index < -0.39 is 6.67 Å². The highest BCUT2D eigenvalue weighted by atomic mass is 19.1. The standard InChI is InChI=1S/C10H9FN2O/c1-7-2-3-13-9(4-7)12-8(6-11)5-10(13)14/h2-5H,6H2,1H3. The first-order valence-electron chi connectivity index (χ1n) is 4.25. The molecule has 0 aliphatic heterocycles. The fraction of sp³-hybridized carbons (Fsp3) is 0.200. The maximum absolute atomic E-state index is 12.3. The Bertz CT molecular complexity index is 533. The van der Waals surface area contributed by atoms with E-state index in [0.717, 1.165) is 5.56 Å². The van der Waals surface area contributed by atoms with Gasteiger partial charge in [-0.25, -0.2) is 9.37 Å². The molecule has 0 bridgehead atoms. The van der Waals surface area contributed by atoms with Gasteiger partial charge in [0.2, 0.25) is 0 Å². The van der Waals surface area contributed by atoms with E-state index in [2.05, 4.69) is 4.98 Å². The molecule has 0 unspecified atom stereocenters. The molecule has 2 heterocycles. The van der Waals surface area contributed by atoms with E-state index >= 15 is 0 Å². The maximum atomic E-state index is 12.3. The zero-order valence-corrected chi connectivity index (χ0v) is 7.70. The van der Waals surface area contributed by atoms with Crippen molar-refractivity contribution >= 4 is 5.65 Å². The highest BCUT2D eigenvalue weighted by Gasteiger charge is 2.01. The molecule has 0 saturated heterocycles. The Kier molecular flexibility index (Phi) is 2.04. The summed E-state index contributed by atoms with van der Waals surface area (Å²) in [4.78, 5) is 15.4. The number of rotatable bonds is 1. The molecule has 2 aromatic heterocycles. The van der Waals surface area contributed by atoms with Crippen LogP contribution in [0.4, 0.5) is 4.39 Å². The predicted octanol–water partition coefficient (Wildman–Crippen LogP) is 1.47. The van der Waals surface area contributed by atoms with Gasteiger partial charge in [-0.1, -0.05) is 0 Å². The van der Waals surface area contributed by atoms with Crippen LogP contribution >= 0.6 is 0 Å². The number of fused-ring (bicyclic) bond motifs is 1. The summed E-state index contributed by atoms with van der Waals surface area (Å²) < 4.78 is 13.7. The van der Waals surface area contributed by atoms with E-state index in [0.29, 0.717) is 5.65 Å². The number of pyridine rings is 1. The van der Waals surface area contributed by atoms with Crippen molar-refractivity contribution in [2.24, 2.45) is 0 Å². The molecule has 4 heteroatoms. The Morgan fingerprint density at radius 3 is 3.00 bits per heavy atom. The first-order valence-corrected chi connectivity index (χ1v) is 4.25. The van der Waals surface area contributed by atoms with Crippen LogP contribution in [0.1, 0.15) is 11.3 Å². The number of nitrogens with zero attached hydrogens (tertiary/aromatic N) is 2. The Morgan fingerprint density at radius 1 is 1.50 bits per heavy atom. The molecule has 0 atom stereocenters. The van der Waals surface area contributed by atoms with Gasteiger partial charge in [0, 0.05) is 12.3 Å². The van der Waals surface area contributed by atoms with Crippen molar-refractivity contribution in [1.29, 1.82) is 0 Å². The number of aromatic nitrogens is 2. The van der Waals surface area contributed by atoms with Crippen LogP contribution in [0.25, 0.3) is 5.65 Å². The lowest BCUT2D eigenvalue weighted by atomic mass is 10.3. The Balaban J connectivity index is 2.84. The molecule has 0 saturated carbocycles. The first kappa shape index (κ1) is 8.87. The molecule has 0 amide bonds. The molecule has 72 valence electrons. The van der Waals surface area contributed by atoms with Gasteiger partial charge >= 0.3 is 0 Å². The highest BCUT2D eigenvalue weighted by Crippen LogP contribution is 2.03. The van der Waals surface area contributed by atoms with Gasteiger partial charge in [0.15, 0.2) is 0 Å². The number of hydrogen-bond acceptors (Lipinski definition) is 2. The second-order valence-corrected chi connectivity index (χ2v) is 3.15. The fourth-order valence-electron chi connectivity index (χ4n) is 1.32. The zero-order chi connectivity index (χ0) is 10.1. The molecule has 0 aliphatic rings. The maximum Gasteiger partial charge on any atom is 0.258 e. The summed E-state index contributed by atoms with van der Waals surface area (Å²) in [6.45, 7) is 1.19. The lowest BCUT2D eigenvalue weighted by Crippen LogP contribution is -2.14. The molecule has 0 aromatic carbocycles. The van der Waals surface area contributed by atoms with Gasteiger partial charge in [-0.2, -0.15) is 0 Å². The summed E-state index contributed by atoms with van der Waals surface area (Å²) in [6, 6.07) is 4.77. The van der Waals surface area contributed by atoms with Crippen molar-refractivity contribution in [1.82, 2.24) is 9.38 Å². The monoisotopic (exact) mass is 192 g/mol. The van der Waals surface area contributed by atoms with Gasteiger partial charge in [0.05, 0.1) is 5.69 Å². The second kappa shape index (κ2) is 3.21. The van der Waals surface area contributed by atoms with Gasteiger partial charge in [0.25, 0.3) is 5.56 Å². The van der Waals surface area contributed by atoms with Gasteiger partial charge < -0.3 is 0 Å². The SMILES string of the molecule is Cc1ccn2c(=O)cc(CF)nc2c1. The van der Waals surface area contributed by atoms with Crippen LogP contribution < -0.4 is 5.56 Å². The van der Waals surface area contributed by atoms with Crippen LogP contribution in [0.5, 0.6) is 0 Å². The van der Waals surface area contributed by atoms with Crippen molar-refractivity contribution < 1.29 is 4.39 Å². The Hall–Kier alpha value is -1.71.